The van der Waals surface area contributed by atoms with E-state index in [2.05, 4.69) is 60.1 Å². The lowest BCUT2D eigenvalue weighted by atomic mass is 9.76. The van der Waals surface area contributed by atoms with E-state index in [9.17, 15) is 19.1 Å². The van der Waals surface area contributed by atoms with Crippen LogP contribution in [0.15, 0.2) is 122 Å². The highest BCUT2D eigenvalue weighted by molar-refractivity contribution is 6.72. The van der Waals surface area contributed by atoms with Gasteiger partial charge in [0.2, 0.25) is 0 Å². The van der Waals surface area contributed by atoms with E-state index in [4.69, 9.17) is 15.1 Å². The third-order valence-electron chi connectivity index (χ3n) is 11.9. The van der Waals surface area contributed by atoms with Crippen LogP contribution < -0.4 is 5.32 Å². The third-order valence-corrected chi connectivity index (χ3v) is 15.4. The highest BCUT2D eigenvalue weighted by Crippen LogP contribution is 2.44. The van der Waals surface area contributed by atoms with Crippen LogP contribution in [0.3, 0.4) is 0 Å². The first-order valence-corrected chi connectivity index (χ1v) is 22.9. The number of nitrogens with zero attached hydrogens (tertiary/aromatic N) is 5. The van der Waals surface area contributed by atoms with Crippen LogP contribution in [0, 0.1) is 5.82 Å². The average molecular weight is 797 g/mol. The molecule has 1 amide bonds. The number of aliphatic hydroxyl groups excluding tert-OH is 1. The van der Waals surface area contributed by atoms with Crippen molar-refractivity contribution in [2.75, 3.05) is 0 Å². The summed E-state index contributed by atoms with van der Waals surface area (Å²) in [6.07, 6.45) is 4.77. The van der Waals surface area contributed by atoms with Crippen molar-refractivity contribution >= 4 is 36.3 Å². The van der Waals surface area contributed by atoms with Gasteiger partial charge in [-0.25, -0.2) is 14.4 Å². The summed E-state index contributed by atoms with van der Waals surface area (Å²) in [6.45, 7) is 14.2. The molecule has 11 heteroatoms. The lowest BCUT2D eigenvalue weighted by molar-refractivity contribution is 0.0907. The Labute approximate surface area is 340 Å². The van der Waals surface area contributed by atoms with Gasteiger partial charge in [-0.15, -0.1) is 0 Å². The number of aromatic nitrogens is 5. The molecule has 0 saturated carbocycles. The Hall–Kier alpha value is -5.49. The number of amides is 1. The average Bonchev–Trinajstić information content (AvgIpc) is 3.76. The largest absolute Gasteiger partial charge is 0.432 e. The smallest absolute Gasteiger partial charge is 0.255 e. The zero-order valence-electron chi connectivity index (χ0n) is 34.4. The van der Waals surface area contributed by atoms with Crippen LogP contribution in [0.5, 0.6) is 0 Å². The van der Waals surface area contributed by atoms with Crippen molar-refractivity contribution in [1.82, 2.24) is 29.6 Å². The van der Waals surface area contributed by atoms with Crippen LogP contribution in [-0.4, -0.2) is 60.1 Å². The molecule has 0 spiro atoms. The molecule has 3 heterocycles. The maximum atomic E-state index is 14.9. The zero-order chi connectivity index (χ0) is 41.5. The number of aryl methyl sites for hydroxylation is 1. The molecule has 1 unspecified atom stereocenters. The van der Waals surface area contributed by atoms with Gasteiger partial charge in [-0.1, -0.05) is 105 Å². The number of nitrogens with one attached hydrogen (secondary N) is 1. The van der Waals surface area contributed by atoms with E-state index >= 15 is 0 Å². The molecule has 3 aromatic heterocycles. The van der Waals surface area contributed by atoms with Crippen LogP contribution in [0.1, 0.15) is 80.9 Å². The fraction of sp³-hybridized carbons (Fsp3) is 0.319. The summed E-state index contributed by atoms with van der Waals surface area (Å²) in [5.41, 5.74) is 3.97. The zero-order valence-corrected chi connectivity index (χ0v) is 35.4. The van der Waals surface area contributed by atoms with Crippen molar-refractivity contribution in [3.63, 3.8) is 0 Å². The lowest BCUT2D eigenvalue weighted by Gasteiger charge is -2.38. The van der Waals surface area contributed by atoms with Crippen LogP contribution in [0.4, 0.5) is 4.39 Å². The molecule has 3 N–H and O–H groups in total. The van der Waals surface area contributed by atoms with Crippen LogP contribution in [0.25, 0.3) is 33.5 Å². The van der Waals surface area contributed by atoms with Gasteiger partial charge in [0.25, 0.3) is 5.91 Å². The molecule has 1 atom stereocenters. The molecular formula is C47H53FN6O3Si. The van der Waals surface area contributed by atoms with Gasteiger partial charge in [0.1, 0.15) is 28.3 Å². The van der Waals surface area contributed by atoms with Gasteiger partial charge in [-0.05, 0) is 93.1 Å². The van der Waals surface area contributed by atoms with Crippen molar-refractivity contribution < 1.29 is 19.1 Å². The number of aliphatic hydroxyl groups is 1. The molecule has 300 valence electrons. The molecule has 7 rings (SSSR count). The summed E-state index contributed by atoms with van der Waals surface area (Å²) in [5.74, 6) is -0.708. The molecule has 0 aliphatic carbocycles. The number of halogens is 1. The van der Waals surface area contributed by atoms with Gasteiger partial charge < -0.3 is 19.8 Å². The second kappa shape index (κ2) is 15.7. The molecule has 4 aromatic carbocycles. The Bertz CT molecular complexity index is 2450. The fourth-order valence-electron chi connectivity index (χ4n) is 7.67. The van der Waals surface area contributed by atoms with E-state index in [0.29, 0.717) is 58.4 Å². The van der Waals surface area contributed by atoms with E-state index in [0.717, 1.165) is 23.1 Å². The number of hydrogen-bond acceptors (Lipinski definition) is 6. The van der Waals surface area contributed by atoms with Crippen molar-refractivity contribution in [1.29, 1.82) is 0 Å². The molecule has 0 aliphatic rings. The topological polar surface area (TPSA) is 118 Å². The number of carbonyl (C=O) groups is 1. The second-order valence-corrected chi connectivity index (χ2v) is 21.8. The normalized spacial score (nSPS) is 13.3. The molecule has 7 aromatic rings. The summed E-state index contributed by atoms with van der Waals surface area (Å²) < 4.78 is 18.4. The Morgan fingerprint density at radius 3 is 1.97 bits per heavy atom. The summed E-state index contributed by atoms with van der Waals surface area (Å²) in [4.78, 5) is 36.3. The minimum atomic E-state index is -2.49. The van der Waals surface area contributed by atoms with Crippen LogP contribution >= 0.6 is 0 Å². The summed E-state index contributed by atoms with van der Waals surface area (Å²) in [5, 5.41) is 18.7. The summed E-state index contributed by atoms with van der Waals surface area (Å²) >= 11 is 0. The molecule has 0 fully saturated rings. The van der Waals surface area contributed by atoms with Crippen molar-refractivity contribution in [2.24, 2.45) is 0 Å². The van der Waals surface area contributed by atoms with Gasteiger partial charge >= 0.3 is 0 Å². The first kappa shape index (κ1) is 40.7. The Balaban J connectivity index is 1.47. The highest BCUT2D eigenvalue weighted by Gasteiger charge is 2.42. The maximum absolute atomic E-state index is 14.9. The van der Waals surface area contributed by atoms with Crippen LogP contribution in [-0.2, 0) is 12.1 Å². The SMILES string of the molecule is CC(O)CCn1nc(-c2cnc3c(n2)c(C(=O)NC(C)(C)CCC(C)(C)[Si](C)(C)O)cn3C(c2ccccc2)(c2ccccc2)c2ccccc2)c2ccc(F)cc21. The highest BCUT2D eigenvalue weighted by atomic mass is 28.4. The lowest BCUT2D eigenvalue weighted by Crippen LogP contribution is -2.46. The van der Waals surface area contributed by atoms with E-state index in [1.54, 1.807) is 23.9 Å². The van der Waals surface area contributed by atoms with E-state index in [-0.39, 0.29) is 10.9 Å². The standard InChI is InChI=1S/C47H53FN6O3Si/c1-32(55)25-28-54-40-29-36(48)23-24-37(40)41(52-54)39-30-49-43-42(50-39)38(44(56)51-45(2,3)26-27-46(4,5)58(6,7)57)31-53(43)47(33-17-11-8-12-18-33,34-19-13-9-14-20-34)35-21-15-10-16-22-35/h8-24,29-32,55,57H,25-28H2,1-7H3,(H,51,56). The molecular weight excluding hydrogens is 744 g/mol. The van der Waals surface area contributed by atoms with Gasteiger partial charge in [0, 0.05) is 23.7 Å². The monoisotopic (exact) mass is 796 g/mol. The maximum Gasteiger partial charge on any atom is 0.255 e. The van der Waals surface area contributed by atoms with E-state index in [1.165, 1.54) is 12.1 Å². The van der Waals surface area contributed by atoms with Crippen molar-refractivity contribution in [3.8, 4) is 11.4 Å². The molecule has 0 saturated heterocycles. The molecule has 0 aliphatic heterocycles. The van der Waals surface area contributed by atoms with Gasteiger partial charge in [-0.3, -0.25) is 9.48 Å². The Morgan fingerprint density at radius 2 is 1.43 bits per heavy atom. The first-order chi connectivity index (χ1) is 27.5. The summed E-state index contributed by atoms with van der Waals surface area (Å²) in [7, 11) is -2.49. The fourth-order valence-corrected chi connectivity index (χ4v) is 8.40. The predicted molar refractivity (Wildman–Crippen MR) is 232 cm³/mol. The van der Waals surface area contributed by atoms with E-state index in [1.807, 2.05) is 87.7 Å². The molecule has 9 nitrogen and oxygen atoms in total. The number of fused-ring (bicyclic) bond motifs is 2. The van der Waals surface area contributed by atoms with Gasteiger partial charge in [0.15, 0.2) is 14.0 Å². The number of hydrogen-bond donors (Lipinski definition) is 3. The minimum Gasteiger partial charge on any atom is -0.432 e. The Kier molecular flexibility index (Phi) is 11.0. The Morgan fingerprint density at radius 1 is 0.862 bits per heavy atom. The minimum absolute atomic E-state index is 0.267. The van der Waals surface area contributed by atoms with E-state index < -0.39 is 31.3 Å². The van der Waals surface area contributed by atoms with Crippen molar-refractivity contribution in [3.05, 3.63) is 150 Å². The number of benzene rings is 4. The van der Waals surface area contributed by atoms with Crippen LogP contribution in [0.2, 0.25) is 18.1 Å². The predicted octanol–water partition coefficient (Wildman–Crippen LogP) is 9.46. The van der Waals surface area contributed by atoms with Gasteiger partial charge in [0.05, 0.1) is 23.4 Å². The molecule has 0 radical (unpaired) electrons. The third kappa shape index (κ3) is 7.73. The molecule has 0 bridgehead atoms. The number of carbonyl (C=O) groups excluding carboxylic acids is 1. The second-order valence-electron chi connectivity index (χ2n) is 17.3. The summed E-state index contributed by atoms with van der Waals surface area (Å²) in [6, 6.07) is 35.1. The number of rotatable bonds is 14. The van der Waals surface area contributed by atoms with Crippen molar-refractivity contribution in [2.45, 2.75) is 95.7 Å². The first-order valence-electron chi connectivity index (χ1n) is 20.0. The quantitative estimate of drug-likeness (QED) is 0.0746. The van der Waals surface area contributed by atoms with Gasteiger partial charge in [-0.2, -0.15) is 5.10 Å². The molecule has 58 heavy (non-hydrogen) atoms.